The Balaban J connectivity index is 2.66. The molecule has 0 spiro atoms. The van der Waals surface area contributed by atoms with Crippen molar-refractivity contribution in [1.29, 1.82) is 0 Å². The molecule has 4 amide bonds. The average molecular weight is 467 g/mol. The molecule has 14 heteroatoms. The van der Waals surface area contributed by atoms with Crippen molar-refractivity contribution in [2.24, 2.45) is 11.5 Å². The number of nitrogens with two attached hydrogens (primary N) is 2. The summed E-state index contributed by atoms with van der Waals surface area (Å²) >= 11 is 0. The van der Waals surface area contributed by atoms with E-state index in [9.17, 15) is 33.9 Å². The molecule has 0 aromatic heterocycles. The maximum Gasteiger partial charge on any atom is 0.326 e. The molecule has 0 fully saturated rings. The number of rotatable bonds is 13. The third-order valence-corrected chi connectivity index (χ3v) is 4.20. The molecule has 0 saturated heterocycles. The second-order valence-corrected chi connectivity index (χ2v) is 6.98. The fourth-order valence-electron chi connectivity index (χ4n) is 2.58. The van der Waals surface area contributed by atoms with Crippen molar-refractivity contribution in [3.8, 4) is 5.75 Å². The molecular formula is C19H25N5O9. The Kier molecular flexibility index (Phi) is 10.3. The predicted octanol–water partition coefficient (Wildman–Crippen LogP) is -3.22. The first-order chi connectivity index (χ1) is 15.4. The van der Waals surface area contributed by atoms with Crippen molar-refractivity contribution in [3.05, 3.63) is 29.8 Å². The zero-order chi connectivity index (χ0) is 25.1. The molecule has 0 aliphatic rings. The van der Waals surface area contributed by atoms with Gasteiger partial charge >= 0.3 is 11.9 Å². The summed E-state index contributed by atoms with van der Waals surface area (Å²) < 4.78 is 0. The van der Waals surface area contributed by atoms with Crippen molar-refractivity contribution >= 4 is 35.6 Å². The molecule has 0 saturated carbocycles. The van der Waals surface area contributed by atoms with E-state index in [4.69, 9.17) is 21.7 Å². The van der Waals surface area contributed by atoms with Gasteiger partial charge in [-0.2, -0.15) is 0 Å². The highest BCUT2D eigenvalue weighted by Crippen LogP contribution is 2.10. The summed E-state index contributed by atoms with van der Waals surface area (Å²) in [6.07, 6.45) is -1.53. The van der Waals surface area contributed by atoms with Crippen LogP contribution >= 0.6 is 0 Å². The molecule has 3 atom stereocenters. The summed E-state index contributed by atoms with van der Waals surface area (Å²) in [5.41, 5.74) is 11.5. The zero-order valence-electron chi connectivity index (χ0n) is 17.3. The lowest BCUT2D eigenvalue weighted by Gasteiger charge is -2.20. The Labute approximate surface area is 187 Å². The van der Waals surface area contributed by atoms with Gasteiger partial charge in [-0.05, 0) is 24.1 Å². The van der Waals surface area contributed by atoms with E-state index in [1.807, 2.05) is 5.32 Å². The van der Waals surface area contributed by atoms with Gasteiger partial charge in [-0.1, -0.05) is 12.1 Å². The monoisotopic (exact) mass is 467 g/mol. The maximum atomic E-state index is 12.3. The average Bonchev–Trinajstić information content (AvgIpc) is 2.71. The number of carboxylic acids is 2. The number of carboxylic acid groups (broad SMARTS) is 2. The van der Waals surface area contributed by atoms with Gasteiger partial charge < -0.3 is 42.7 Å². The van der Waals surface area contributed by atoms with Crippen LogP contribution in [-0.4, -0.2) is 75.6 Å². The molecule has 1 rings (SSSR count). The predicted molar refractivity (Wildman–Crippen MR) is 110 cm³/mol. The maximum absolute atomic E-state index is 12.3. The van der Waals surface area contributed by atoms with E-state index in [1.165, 1.54) is 12.1 Å². The molecular weight excluding hydrogens is 442 g/mol. The quantitative estimate of drug-likeness (QED) is 0.144. The number of aliphatic carboxylic acids is 2. The number of carbonyl (C=O) groups excluding carboxylic acids is 4. The molecule has 33 heavy (non-hydrogen) atoms. The van der Waals surface area contributed by atoms with Crippen LogP contribution in [0.4, 0.5) is 0 Å². The zero-order valence-corrected chi connectivity index (χ0v) is 17.3. The fourth-order valence-corrected chi connectivity index (χ4v) is 2.58. The summed E-state index contributed by atoms with van der Waals surface area (Å²) in [5.74, 6) is -6.84. The van der Waals surface area contributed by atoms with E-state index in [0.29, 0.717) is 5.56 Å². The fraction of sp³-hybridized carbons (Fsp3) is 0.368. The Morgan fingerprint density at radius 3 is 2.00 bits per heavy atom. The third-order valence-electron chi connectivity index (χ3n) is 4.20. The topological polar surface area (TPSA) is 251 Å². The van der Waals surface area contributed by atoms with Gasteiger partial charge in [-0.3, -0.25) is 24.0 Å². The van der Waals surface area contributed by atoms with Gasteiger partial charge in [0.2, 0.25) is 23.6 Å². The summed E-state index contributed by atoms with van der Waals surface area (Å²) in [5, 5.41) is 33.3. The molecule has 0 aliphatic heterocycles. The molecule has 0 radical (unpaired) electrons. The van der Waals surface area contributed by atoms with Crippen molar-refractivity contribution in [2.45, 2.75) is 37.4 Å². The first kappa shape index (κ1) is 26.8. The summed E-state index contributed by atoms with van der Waals surface area (Å²) in [7, 11) is 0. The second-order valence-electron chi connectivity index (χ2n) is 6.98. The Morgan fingerprint density at radius 2 is 1.48 bits per heavy atom. The molecule has 0 bridgehead atoms. The number of phenolic OH excluding ortho intramolecular Hbond substituents is 1. The number of primary amides is 1. The van der Waals surface area contributed by atoms with Crippen LogP contribution in [-0.2, 0) is 35.2 Å². The Morgan fingerprint density at radius 1 is 0.879 bits per heavy atom. The van der Waals surface area contributed by atoms with E-state index in [1.54, 1.807) is 12.1 Å². The smallest absolute Gasteiger partial charge is 0.326 e. The number of carbonyl (C=O) groups is 6. The van der Waals surface area contributed by atoms with Crippen LogP contribution in [0.3, 0.4) is 0 Å². The van der Waals surface area contributed by atoms with Crippen molar-refractivity contribution in [3.63, 3.8) is 0 Å². The number of aromatic hydroxyl groups is 1. The highest BCUT2D eigenvalue weighted by molar-refractivity contribution is 5.95. The molecule has 3 unspecified atom stereocenters. The lowest BCUT2D eigenvalue weighted by atomic mass is 10.1. The molecule has 14 nitrogen and oxygen atoms in total. The largest absolute Gasteiger partial charge is 0.508 e. The lowest BCUT2D eigenvalue weighted by molar-refractivity contribution is -0.147. The Hall–Kier alpha value is -4.20. The number of hydrogen-bond donors (Lipinski definition) is 8. The molecule has 0 aliphatic carbocycles. The van der Waals surface area contributed by atoms with E-state index in [2.05, 4.69) is 10.6 Å². The van der Waals surface area contributed by atoms with E-state index in [0.717, 1.165) is 0 Å². The molecule has 1 aromatic rings. The van der Waals surface area contributed by atoms with Crippen LogP contribution in [0.1, 0.15) is 18.4 Å². The Bertz CT molecular complexity index is 903. The van der Waals surface area contributed by atoms with Crippen molar-refractivity contribution in [1.82, 2.24) is 16.0 Å². The number of benzene rings is 1. The van der Waals surface area contributed by atoms with Gasteiger partial charge in [0.1, 0.15) is 17.8 Å². The SMILES string of the molecule is NC(=O)CC(NC(=O)CNC(=O)C(N)Cc1ccc(O)cc1)C(=O)NC(CC(=O)O)C(=O)O. The van der Waals surface area contributed by atoms with Crippen LogP contribution in [0.25, 0.3) is 0 Å². The van der Waals surface area contributed by atoms with Gasteiger partial charge in [0.25, 0.3) is 0 Å². The van der Waals surface area contributed by atoms with Gasteiger partial charge in [0.15, 0.2) is 0 Å². The summed E-state index contributed by atoms with van der Waals surface area (Å²) in [6, 6.07) is 1.53. The highest BCUT2D eigenvalue weighted by atomic mass is 16.4. The minimum atomic E-state index is -1.81. The number of amides is 4. The first-order valence-electron chi connectivity index (χ1n) is 9.52. The van der Waals surface area contributed by atoms with Gasteiger partial charge in [-0.15, -0.1) is 0 Å². The van der Waals surface area contributed by atoms with Crippen molar-refractivity contribution < 1.29 is 44.1 Å². The molecule has 0 heterocycles. The molecule has 10 N–H and O–H groups in total. The van der Waals surface area contributed by atoms with Crippen LogP contribution in [0.2, 0.25) is 0 Å². The van der Waals surface area contributed by atoms with Crippen molar-refractivity contribution in [2.75, 3.05) is 6.54 Å². The summed E-state index contributed by atoms with van der Waals surface area (Å²) in [6.45, 7) is -0.623. The van der Waals surface area contributed by atoms with Gasteiger partial charge in [0, 0.05) is 0 Å². The third kappa shape index (κ3) is 10.1. The van der Waals surface area contributed by atoms with Crippen LogP contribution in [0.5, 0.6) is 5.75 Å². The minimum Gasteiger partial charge on any atom is -0.508 e. The lowest BCUT2D eigenvalue weighted by Crippen LogP contribution is -2.55. The second kappa shape index (κ2) is 12.6. The first-order valence-corrected chi connectivity index (χ1v) is 9.52. The van der Waals surface area contributed by atoms with E-state index in [-0.39, 0.29) is 12.2 Å². The minimum absolute atomic E-state index is 0.0423. The van der Waals surface area contributed by atoms with Crippen LogP contribution in [0, 0.1) is 0 Å². The highest BCUT2D eigenvalue weighted by Gasteiger charge is 2.29. The molecule has 1 aromatic carbocycles. The number of hydrogen-bond acceptors (Lipinski definition) is 8. The standard InChI is InChI=1S/C19H25N5O9/c20-11(5-9-1-3-10(25)4-2-9)17(30)22-8-15(27)23-12(6-14(21)26)18(31)24-13(19(32)33)7-16(28)29/h1-4,11-13,25H,5-8,20H2,(H2,21,26)(H,22,30)(H,23,27)(H,24,31)(H,28,29)(H,32,33). The van der Waals surface area contributed by atoms with Crippen LogP contribution < -0.4 is 27.4 Å². The number of nitrogens with one attached hydrogen (secondary N) is 3. The van der Waals surface area contributed by atoms with Gasteiger partial charge in [-0.25, -0.2) is 4.79 Å². The normalized spacial score (nSPS) is 13.1. The van der Waals surface area contributed by atoms with Gasteiger partial charge in [0.05, 0.1) is 25.4 Å². The summed E-state index contributed by atoms with van der Waals surface area (Å²) in [4.78, 5) is 69.5. The number of phenols is 1. The van der Waals surface area contributed by atoms with E-state index < -0.39 is 73.1 Å². The molecule has 180 valence electrons. The van der Waals surface area contributed by atoms with Crippen LogP contribution in [0.15, 0.2) is 24.3 Å². The van der Waals surface area contributed by atoms with E-state index >= 15 is 0 Å².